The number of hydrogen-bond donors (Lipinski definition) is 2. The Balaban J connectivity index is 2.23. The fourth-order valence-corrected chi connectivity index (χ4v) is 2.40. The summed E-state index contributed by atoms with van der Waals surface area (Å²) >= 11 is 5.48. The van der Waals surface area contributed by atoms with Crippen molar-refractivity contribution in [3.05, 3.63) is 38.3 Å². The molecule has 0 aliphatic rings. The summed E-state index contributed by atoms with van der Waals surface area (Å²) in [6, 6.07) is 4.56. The van der Waals surface area contributed by atoms with Crippen LogP contribution in [0, 0.1) is 9.39 Å². The second-order valence-electron chi connectivity index (χ2n) is 4.07. The van der Waals surface area contributed by atoms with Crippen molar-refractivity contribution >= 4 is 56.0 Å². The van der Waals surface area contributed by atoms with Crippen LogP contribution in [0.1, 0.15) is 13.3 Å². The highest BCUT2D eigenvalue weighted by molar-refractivity contribution is 14.1. The largest absolute Gasteiger partial charge is 0.354 e. The zero-order valence-electron chi connectivity index (χ0n) is 10.8. The average Bonchev–Trinajstić information content (AvgIpc) is 2.42. The standard InChI is InChI=1S/C13H13BrFIN4/c1-2-5-17-13-18-7-9(14)12(20-13)19-11-4-3-8(15)6-10(11)16/h3-4,6-7H,2,5H2,1H3,(H2,17,18,19,20). The number of anilines is 3. The third kappa shape index (κ3) is 4.02. The van der Waals surface area contributed by atoms with Crippen LogP contribution in [0.3, 0.4) is 0 Å². The van der Waals surface area contributed by atoms with Crippen LogP contribution in [0.4, 0.5) is 21.8 Å². The van der Waals surface area contributed by atoms with E-state index in [-0.39, 0.29) is 5.82 Å². The van der Waals surface area contributed by atoms with Gasteiger partial charge in [0.1, 0.15) is 11.6 Å². The van der Waals surface area contributed by atoms with Gasteiger partial charge in [0.25, 0.3) is 0 Å². The summed E-state index contributed by atoms with van der Waals surface area (Å²) in [5.41, 5.74) is 0.799. The van der Waals surface area contributed by atoms with Crippen LogP contribution in [0.25, 0.3) is 0 Å². The zero-order valence-corrected chi connectivity index (χ0v) is 14.5. The third-order valence-corrected chi connectivity index (χ3v) is 3.93. The first kappa shape index (κ1) is 15.4. The van der Waals surface area contributed by atoms with E-state index in [0.717, 1.165) is 26.7 Å². The minimum absolute atomic E-state index is 0.257. The van der Waals surface area contributed by atoms with Crippen molar-refractivity contribution in [3.63, 3.8) is 0 Å². The number of nitrogens with one attached hydrogen (secondary N) is 2. The van der Waals surface area contributed by atoms with Gasteiger partial charge in [-0.3, -0.25) is 0 Å². The number of hydrogen-bond acceptors (Lipinski definition) is 4. The Morgan fingerprint density at radius 3 is 2.90 bits per heavy atom. The molecule has 0 saturated carbocycles. The quantitative estimate of drug-likeness (QED) is 0.656. The van der Waals surface area contributed by atoms with Crippen molar-refractivity contribution < 1.29 is 4.39 Å². The monoisotopic (exact) mass is 450 g/mol. The van der Waals surface area contributed by atoms with Crippen LogP contribution < -0.4 is 10.6 Å². The normalized spacial score (nSPS) is 10.4. The van der Waals surface area contributed by atoms with E-state index in [0.29, 0.717) is 11.8 Å². The topological polar surface area (TPSA) is 49.8 Å². The molecule has 7 heteroatoms. The van der Waals surface area contributed by atoms with Gasteiger partial charge in [-0.15, -0.1) is 0 Å². The van der Waals surface area contributed by atoms with E-state index in [9.17, 15) is 4.39 Å². The number of aromatic nitrogens is 2. The molecule has 0 fully saturated rings. The molecule has 0 radical (unpaired) electrons. The molecule has 1 aromatic carbocycles. The van der Waals surface area contributed by atoms with Gasteiger partial charge >= 0.3 is 0 Å². The summed E-state index contributed by atoms with van der Waals surface area (Å²) in [6.07, 6.45) is 2.68. The Hall–Kier alpha value is -0.960. The molecule has 2 aromatic rings. The van der Waals surface area contributed by atoms with Crippen LogP contribution in [0.5, 0.6) is 0 Å². The first-order chi connectivity index (χ1) is 9.60. The maximum absolute atomic E-state index is 13.1. The van der Waals surface area contributed by atoms with Crippen LogP contribution >= 0.6 is 38.5 Å². The fraction of sp³-hybridized carbons (Fsp3) is 0.231. The molecule has 0 spiro atoms. The molecule has 0 aliphatic carbocycles. The minimum Gasteiger partial charge on any atom is -0.354 e. The Bertz CT molecular complexity index is 609. The Morgan fingerprint density at radius 1 is 1.40 bits per heavy atom. The smallest absolute Gasteiger partial charge is 0.224 e. The van der Waals surface area contributed by atoms with Crippen molar-refractivity contribution in [1.82, 2.24) is 9.97 Å². The van der Waals surface area contributed by atoms with Gasteiger partial charge in [0.15, 0.2) is 0 Å². The molecule has 20 heavy (non-hydrogen) atoms. The van der Waals surface area contributed by atoms with Crippen molar-refractivity contribution in [1.29, 1.82) is 0 Å². The minimum atomic E-state index is -0.257. The molecule has 0 unspecified atom stereocenters. The summed E-state index contributed by atoms with van der Waals surface area (Å²) in [5, 5.41) is 6.30. The highest BCUT2D eigenvalue weighted by Gasteiger charge is 2.08. The summed E-state index contributed by atoms with van der Waals surface area (Å²) < 4.78 is 14.6. The first-order valence-corrected chi connectivity index (χ1v) is 7.96. The Kier molecular flexibility index (Phi) is 5.53. The summed E-state index contributed by atoms with van der Waals surface area (Å²) in [7, 11) is 0. The van der Waals surface area contributed by atoms with E-state index in [1.54, 1.807) is 12.3 Å². The lowest BCUT2D eigenvalue weighted by Gasteiger charge is -2.11. The van der Waals surface area contributed by atoms with Crippen molar-refractivity contribution in [2.75, 3.05) is 17.2 Å². The third-order valence-electron chi connectivity index (χ3n) is 2.46. The summed E-state index contributed by atoms with van der Waals surface area (Å²) in [6.45, 7) is 2.89. The van der Waals surface area contributed by atoms with Gasteiger partial charge < -0.3 is 10.6 Å². The van der Waals surface area contributed by atoms with E-state index in [2.05, 4.69) is 66.0 Å². The molecule has 4 nitrogen and oxygen atoms in total. The highest BCUT2D eigenvalue weighted by atomic mass is 127. The summed E-state index contributed by atoms with van der Waals surface area (Å²) in [4.78, 5) is 8.57. The van der Waals surface area contributed by atoms with Crippen LogP contribution in [0.2, 0.25) is 0 Å². The lowest BCUT2D eigenvalue weighted by molar-refractivity contribution is 0.627. The van der Waals surface area contributed by atoms with E-state index < -0.39 is 0 Å². The number of halogens is 3. The van der Waals surface area contributed by atoms with Gasteiger partial charge in [0.05, 0.1) is 10.2 Å². The highest BCUT2D eigenvalue weighted by Crippen LogP contribution is 2.27. The van der Waals surface area contributed by atoms with Gasteiger partial charge in [0.2, 0.25) is 5.95 Å². The molecule has 0 saturated heterocycles. The molecular weight excluding hydrogens is 438 g/mol. The predicted octanol–water partition coefficient (Wildman–Crippen LogP) is 4.55. The molecule has 106 valence electrons. The molecule has 0 atom stereocenters. The van der Waals surface area contributed by atoms with Gasteiger partial charge in [-0.25, -0.2) is 9.37 Å². The van der Waals surface area contributed by atoms with Gasteiger partial charge in [0, 0.05) is 16.3 Å². The van der Waals surface area contributed by atoms with Crippen molar-refractivity contribution in [2.24, 2.45) is 0 Å². The van der Waals surface area contributed by atoms with Gasteiger partial charge in [-0.1, -0.05) is 6.92 Å². The second-order valence-corrected chi connectivity index (χ2v) is 6.08. The number of benzene rings is 1. The SMILES string of the molecule is CCCNc1ncc(Br)c(Nc2ccc(F)cc2I)n1. The molecule has 0 bridgehead atoms. The maximum atomic E-state index is 13.1. The number of rotatable bonds is 5. The molecular formula is C13H13BrFIN4. The van der Waals surface area contributed by atoms with Crippen LogP contribution in [-0.4, -0.2) is 16.5 Å². The van der Waals surface area contributed by atoms with E-state index in [1.807, 2.05) is 0 Å². The summed E-state index contributed by atoms with van der Waals surface area (Å²) in [5.74, 6) is 0.949. The molecule has 2 rings (SSSR count). The van der Waals surface area contributed by atoms with E-state index >= 15 is 0 Å². The van der Waals surface area contributed by atoms with E-state index in [1.165, 1.54) is 12.1 Å². The first-order valence-electron chi connectivity index (χ1n) is 6.08. The fourth-order valence-electron chi connectivity index (χ4n) is 1.50. The Labute approximate surface area is 138 Å². The van der Waals surface area contributed by atoms with Crippen LogP contribution in [0.15, 0.2) is 28.9 Å². The number of nitrogens with zero attached hydrogens (tertiary/aromatic N) is 2. The Morgan fingerprint density at radius 2 is 2.20 bits per heavy atom. The van der Waals surface area contributed by atoms with Gasteiger partial charge in [-0.2, -0.15) is 4.98 Å². The zero-order chi connectivity index (χ0) is 14.5. The lowest BCUT2D eigenvalue weighted by atomic mass is 10.3. The molecule has 0 aliphatic heterocycles. The van der Waals surface area contributed by atoms with Crippen LogP contribution in [-0.2, 0) is 0 Å². The molecule has 1 aromatic heterocycles. The van der Waals surface area contributed by atoms with E-state index in [4.69, 9.17) is 0 Å². The van der Waals surface area contributed by atoms with Gasteiger partial charge in [-0.05, 0) is 63.1 Å². The van der Waals surface area contributed by atoms with Crippen molar-refractivity contribution in [3.8, 4) is 0 Å². The molecule has 0 amide bonds. The predicted molar refractivity (Wildman–Crippen MR) is 90.9 cm³/mol. The lowest BCUT2D eigenvalue weighted by Crippen LogP contribution is -2.06. The molecule has 2 N–H and O–H groups in total. The average molecular weight is 451 g/mol. The van der Waals surface area contributed by atoms with Crippen molar-refractivity contribution in [2.45, 2.75) is 13.3 Å². The molecule has 1 heterocycles. The maximum Gasteiger partial charge on any atom is 0.224 e. The second kappa shape index (κ2) is 7.16.